The zero-order valence-corrected chi connectivity index (χ0v) is 13.6. The Morgan fingerprint density at radius 1 is 1.35 bits per heavy atom. The number of hydrogen-bond donors (Lipinski definition) is 1. The molecule has 1 heterocycles. The number of benzene rings is 1. The predicted molar refractivity (Wildman–Crippen MR) is 86.4 cm³/mol. The number of likely N-dealkylation sites (N-methyl/N-ethyl adjacent to an activating group) is 1. The Morgan fingerprint density at radius 2 is 2.10 bits per heavy atom. The molecule has 1 atom stereocenters. The third-order valence-corrected chi connectivity index (χ3v) is 4.56. The first-order valence-electron chi connectivity index (χ1n) is 7.39. The molecule has 1 aromatic rings. The van der Waals surface area contributed by atoms with E-state index < -0.39 is 0 Å². The van der Waals surface area contributed by atoms with Gasteiger partial charge in [0, 0.05) is 36.3 Å². The molecule has 1 aromatic carbocycles. The summed E-state index contributed by atoms with van der Waals surface area (Å²) in [6.07, 6.45) is 0.362. The lowest BCUT2D eigenvalue weighted by molar-refractivity contribution is -0.00598. The van der Waals surface area contributed by atoms with Crippen molar-refractivity contribution >= 4 is 11.8 Å². The Kier molecular flexibility index (Phi) is 6.36. The Bertz CT molecular complexity index is 394. The third-order valence-electron chi connectivity index (χ3n) is 3.42. The fraction of sp³-hybridized carbons (Fsp3) is 0.625. The maximum absolute atomic E-state index is 5.79. The van der Waals surface area contributed by atoms with E-state index in [9.17, 15) is 0 Å². The molecule has 1 N–H and O–H groups in total. The molecule has 1 aliphatic heterocycles. The van der Waals surface area contributed by atoms with Crippen molar-refractivity contribution in [1.29, 1.82) is 0 Å². The minimum atomic E-state index is 0.362. The minimum absolute atomic E-state index is 0.362. The highest BCUT2D eigenvalue weighted by molar-refractivity contribution is 7.99. The van der Waals surface area contributed by atoms with E-state index in [4.69, 9.17) is 4.74 Å². The molecule has 0 aliphatic carbocycles. The monoisotopic (exact) mass is 294 g/mol. The van der Waals surface area contributed by atoms with Crippen molar-refractivity contribution in [2.24, 2.45) is 0 Å². The summed E-state index contributed by atoms with van der Waals surface area (Å²) < 4.78 is 5.79. The lowest BCUT2D eigenvalue weighted by atomic mass is 10.2. The molecule has 0 saturated carbocycles. The van der Waals surface area contributed by atoms with Gasteiger partial charge in [-0.3, -0.25) is 0 Å². The summed E-state index contributed by atoms with van der Waals surface area (Å²) in [7, 11) is 2.16. The van der Waals surface area contributed by atoms with Crippen LogP contribution in [-0.2, 0) is 11.3 Å². The Balaban J connectivity index is 1.75. The highest BCUT2D eigenvalue weighted by atomic mass is 32.2. The highest BCUT2D eigenvalue weighted by Crippen LogP contribution is 2.21. The predicted octanol–water partition coefficient (Wildman–Crippen LogP) is 2.61. The molecule has 2 rings (SSSR count). The fourth-order valence-electron chi connectivity index (χ4n) is 2.18. The molecular weight excluding hydrogens is 268 g/mol. The summed E-state index contributed by atoms with van der Waals surface area (Å²) in [4.78, 5) is 3.67. The van der Waals surface area contributed by atoms with Crippen LogP contribution in [0.5, 0.6) is 0 Å². The van der Waals surface area contributed by atoms with Crippen molar-refractivity contribution in [3.05, 3.63) is 29.8 Å². The molecule has 1 fully saturated rings. The van der Waals surface area contributed by atoms with Crippen LogP contribution in [0.25, 0.3) is 0 Å². The van der Waals surface area contributed by atoms with Gasteiger partial charge in [0.05, 0.1) is 12.7 Å². The quantitative estimate of drug-likeness (QED) is 0.815. The first kappa shape index (κ1) is 15.8. The Morgan fingerprint density at radius 3 is 2.75 bits per heavy atom. The molecule has 1 saturated heterocycles. The van der Waals surface area contributed by atoms with Crippen molar-refractivity contribution in [3.8, 4) is 0 Å². The van der Waals surface area contributed by atoms with Gasteiger partial charge in [-0.1, -0.05) is 26.0 Å². The van der Waals surface area contributed by atoms with Crippen molar-refractivity contribution in [3.63, 3.8) is 0 Å². The number of nitrogens with zero attached hydrogens (tertiary/aromatic N) is 1. The van der Waals surface area contributed by atoms with Crippen LogP contribution < -0.4 is 5.32 Å². The maximum Gasteiger partial charge on any atom is 0.0796 e. The molecule has 0 bridgehead atoms. The van der Waals surface area contributed by atoms with Gasteiger partial charge in [-0.2, -0.15) is 0 Å². The van der Waals surface area contributed by atoms with Gasteiger partial charge in [0.25, 0.3) is 0 Å². The van der Waals surface area contributed by atoms with Gasteiger partial charge in [0.15, 0.2) is 0 Å². The average molecular weight is 294 g/mol. The number of rotatable bonds is 6. The fourth-order valence-corrected chi connectivity index (χ4v) is 3.09. The van der Waals surface area contributed by atoms with Crippen molar-refractivity contribution in [2.45, 2.75) is 37.4 Å². The van der Waals surface area contributed by atoms with E-state index >= 15 is 0 Å². The minimum Gasteiger partial charge on any atom is -0.375 e. The normalized spacial score (nSPS) is 20.5. The molecule has 1 aliphatic rings. The van der Waals surface area contributed by atoms with E-state index in [-0.39, 0.29) is 0 Å². The Hall–Kier alpha value is -0.550. The van der Waals surface area contributed by atoms with Crippen LogP contribution in [0.3, 0.4) is 0 Å². The number of ether oxygens (including phenoxy) is 1. The largest absolute Gasteiger partial charge is 0.375 e. The van der Waals surface area contributed by atoms with E-state index in [1.54, 1.807) is 0 Å². The summed E-state index contributed by atoms with van der Waals surface area (Å²) in [6.45, 7) is 8.25. The maximum atomic E-state index is 5.79. The van der Waals surface area contributed by atoms with Crippen molar-refractivity contribution < 1.29 is 4.74 Å². The molecule has 1 unspecified atom stereocenters. The zero-order chi connectivity index (χ0) is 14.4. The SMILES string of the molecule is CC(C)NCc1ccc(SCC2CN(C)CCO2)cc1. The van der Waals surface area contributed by atoms with E-state index in [0.29, 0.717) is 12.1 Å². The summed E-state index contributed by atoms with van der Waals surface area (Å²) in [5, 5.41) is 3.44. The third kappa shape index (κ3) is 5.44. The van der Waals surface area contributed by atoms with Crippen molar-refractivity contribution in [1.82, 2.24) is 10.2 Å². The molecule has 4 heteroatoms. The van der Waals surface area contributed by atoms with E-state index in [0.717, 1.165) is 32.0 Å². The Labute approximate surface area is 127 Å². The second-order valence-corrected chi connectivity index (χ2v) is 6.84. The van der Waals surface area contributed by atoms with Crippen LogP contribution in [0.1, 0.15) is 19.4 Å². The molecule has 0 amide bonds. The smallest absolute Gasteiger partial charge is 0.0796 e. The van der Waals surface area contributed by atoms with Crippen LogP contribution in [0.4, 0.5) is 0 Å². The number of morpholine rings is 1. The average Bonchev–Trinajstić information content (AvgIpc) is 2.44. The second-order valence-electron chi connectivity index (χ2n) is 5.75. The lowest BCUT2D eigenvalue weighted by Gasteiger charge is -2.29. The van der Waals surface area contributed by atoms with Gasteiger partial charge in [-0.05, 0) is 24.7 Å². The first-order valence-corrected chi connectivity index (χ1v) is 8.37. The van der Waals surface area contributed by atoms with Gasteiger partial charge < -0.3 is 15.0 Å². The first-order chi connectivity index (χ1) is 9.63. The number of thioether (sulfide) groups is 1. The van der Waals surface area contributed by atoms with E-state index in [2.05, 4.69) is 55.4 Å². The number of nitrogens with one attached hydrogen (secondary N) is 1. The lowest BCUT2D eigenvalue weighted by Crippen LogP contribution is -2.41. The van der Waals surface area contributed by atoms with Gasteiger partial charge in [-0.15, -0.1) is 11.8 Å². The molecule has 0 radical (unpaired) electrons. The number of hydrogen-bond acceptors (Lipinski definition) is 4. The van der Waals surface area contributed by atoms with E-state index in [1.807, 2.05) is 11.8 Å². The second kappa shape index (κ2) is 8.03. The van der Waals surface area contributed by atoms with Gasteiger partial charge in [0.1, 0.15) is 0 Å². The summed E-state index contributed by atoms with van der Waals surface area (Å²) in [6, 6.07) is 9.39. The standard InChI is InChI=1S/C16H26N2OS/c1-13(2)17-10-14-4-6-16(7-5-14)20-12-15-11-18(3)8-9-19-15/h4-7,13,15,17H,8-12H2,1-3H3. The molecule has 20 heavy (non-hydrogen) atoms. The summed E-state index contributed by atoms with van der Waals surface area (Å²) >= 11 is 1.89. The van der Waals surface area contributed by atoms with Crippen LogP contribution in [0, 0.1) is 0 Å². The topological polar surface area (TPSA) is 24.5 Å². The van der Waals surface area contributed by atoms with Gasteiger partial charge in [-0.25, -0.2) is 0 Å². The zero-order valence-electron chi connectivity index (χ0n) is 12.8. The van der Waals surface area contributed by atoms with Crippen molar-refractivity contribution in [2.75, 3.05) is 32.5 Å². The molecule has 0 spiro atoms. The van der Waals surface area contributed by atoms with Gasteiger partial charge >= 0.3 is 0 Å². The van der Waals surface area contributed by atoms with Gasteiger partial charge in [0.2, 0.25) is 0 Å². The van der Waals surface area contributed by atoms with E-state index in [1.165, 1.54) is 10.5 Å². The molecule has 0 aromatic heterocycles. The molecule has 3 nitrogen and oxygen atoms in total. The van der Waals surface area contributed by atoms with Crippen LogP contribution in [-0.4, -0.2) is 49.5 Å². The van der Waals surface area contributed by atoms with Crippen LogP contribution in [0.15, 0.2) is 29.2 Å². The summed E-state index contributed by atoms with van der Waals surface area (Å²) in [5.74, 6) is 1.04. The highest BCUT2D eigenvalue weighted by Gasteiger charge is 2.17. The molecular formula is C16H26N2OS. The van der Waals surface area contributed by atoms with Crippen LogP contribution >= 0.6 is 11.8 Å². The van der Waals surface area contributed by atoms with Crippen LogP contribution in [0.2, 0.25) is 0 Å². The molecule has 112 valence electrons. The summed E-state index contributed by atoms with van der Waals surface area (Å²) in [5.41, 5.74) is 1.34.